The monoisotopic (exact) mass is 461 g/mol. The number of carboxylic acid groups (broad SMARTS) is 1. The van der Waals surface area contributed by atoms with Gasteiger partial charge < -0.3 is 29.4 Å². The molecule has 2 aromatic carbocycles. The van der Waals surface area contributed by atoms with Crippen LogP contribution in [0, 0.1) is 0 Å². The third-order valence-corrected chi connectivity index (χ3v) is 5.68. The smallest absolute Gasteiger partial charge is 0.408 e. The molecule has 0 aliphatic carbocycles. The van der Waals surface area contributed by atoms with Gasteiger partial charge in [-0.1, -0.05) is 43.3 Å². The minimum absolute atomic E-state index is 0.109. The van der Waals surface area contributed by atoms with Crippen molar-refractivity contribution < 1.29 is 33.6 Å². The van der Waals surface area contributed by atoms with E-state index >= 15 is 0 Å². The number of thioether (sulfide) groups is 1. The highest BCUT2D eigenvalue weighted by molar-refractivity contribution is 7.99. The molecule has 2 aromatic rings. The van der Waals surface area contributed by atoms with Crippen molar-refractivity contribution in [3.63, 3.8) is 0 Å². The van der Waals surface area contributed by atoms with Gasteiger partial charge in [-0.15, -0.1) is 0 Å². The van der Waals surface area contributed by atoms with E-state index in [1.165, 1.54) is 0 Å². The predicted molar refractivity (Wildman–Crippen MR) is 120 cm³/mol. The number of fused-ring (bicyclic) bond motifs is 1. The van der Waals surface area contributed by atoms with Gasteiger partial charge in [0, 0.05) is 5.75 Å². The Morgan fingerprint density at radius 1 is 1.16 bits per heavy atom. The average molecular weight is 462 g/mol. The molecule has 1 amide bonds. The molecule has 3 rings (SSSR count). The molecule has 0 aromatic heterocycles. The van der Waals surface area contributed by atoms with Crippen molar-refractivity contribution >= 4 is 23.8 Å². The molecular weight excluding hydrogens is 434 g/mol. The molecule has 0 saturated heterocycles. The normalized spacial score (nSPS) is 13.9. The summed E-state index contributed by atoms with van der Waals surface area (Å²) < 4.78 is 22.0. The van der Waals surface area contributed by atoms with Gasteiger partial charge in [0.15, 0.2) is 11.5 Å². The van der Waals surface area contributed by atoms with E-state index in [4.69, 9.17) is 18.9 Å². The molecule has 0 saturated carbocycles. The Bertz CT molecular complexity index is 893. The van der Waals surface area contributed by atoms with Crippen molar-refractivity contribution in [2.45, 2.75) is 32.1 Å². The number of ether oxygens (including phenoxy) is 4. The van der Waals surface area contributed by atoms with Gasteiger partial charge in [0.1, 0.15) is 6.10 Å². The summed E-state index contributed by atoms with van der Waals surface area (Å²) in [6.45, 7) is 2.79. The first kappa shape index (κ1) is 23.7. The summed E-state index contributed by atoms with van der Waals surface area (Å²) in [5.41, 5.74) is 1.62. The maximum absolute atomic E-state index is 12.6. The molecule has 0 fully saturated rings. The third-order valence-electron chi connectivity index (χ3n) is 4.67. The molecule has 9 heteroatoms. The lowest BCUT2D eigenvalue weighted by molar-refractivity contribution is -0.137. The Morgan fingerprint density at radius 3 is 2.69 bits per heavy atom. The highest BCUT2D eigenvalue weighted by Crippen LogP contribution is 2.34. The van der Waals surface area contributed by atoms with Crippen LogP contribution in [0.5, 0.6) is 11.5 Å². The highest BCUT2D eigenvalue weighted by atomic mass is 32.2. The number of carboxylic acids is 1. The quantitative estimate of drug-likeness (QED) is 0.489. The van der Waals surface area contributed by atoms with Crippen molar-refractivity contribution in [2.75, 3.05) is 24.9 Å². The molecule has 1 aliphatic heterocycles. The summed E-state index contributed by atoms with van der Waals surface area (Å²) >= 11 is 1.63. The van der Waals surface area contributed by atoms with Gasteiger partial charge in [-0.05, 0) is 29.0 Å². The van der Waals surface area contributed by atoms with Crippen molar-refractivity contribution in [1.29, 1.82) is 0 Å². The van der Waals surface area contributed by atoms with Crippen LogP contribution in [0.2, 0.25) is 0 Å². The number of alkyl carbamates (subject to hydrolysis) is 1. The van der Waals surface area contributed by atoms with Gasteiger partial charge in [0.2, 0.25) is 6.79 Å². The topological polar surface area (TPSA) is 103 Å². The van der Waals surface area contributed by atoms with Crippen LogP contribution in [-0.2, 0) is 20.9 Å². The molecule has 0 bridgehead atoms. The summed E-state index contributed by atoms with van der Waals surface area (Å²) in [5.74, 6) is 1.50. The lowest BCUT2D eigenvalue weighted by Crippen LogP contribution is -2.36. The molecule has 0 spiro atoms. The lowest BCUT2D eigenvalue weighted by Gasteiger charge is -2.22. The maximum atomic E-state index is 12.6. The fourth-order valence-corrected chi connectivity index (χ4v) is 3.80. The van der Waals surface area contributed by atoms with Crippen LogP contribution < -0.4 is 14.8 Å². The van der Waals surface area contributed by atoms with Crippen molar-refractivity contribution in [3.05, 3.63) is 59.7 Å². The molecule has 172 valence electrons. The van der Waals surface area contributed by atoms with Crippen molar-refractivity contribution in [2.24, 2.45) is 0 Å². The largest absolute Gasteiger partial charge is 0.481 e. The summed E-state index contributed by atoms with van der Waals surface area (Å²) in [4.78, 5) is 24.0. The number of carbonyl (C=O) groups is 2. The van der Waals surface area contributed by atoms with Crippen molar-refractivity contribution in [1.82, 2.24) is 5.32 Å². The second kappa shape index (κ2) is 12.2. The molecule has 32 heavy (non-hydrogen) atoms. The van der Waals surface area contributed by atoms with Gasteiger partial charge >= 0.3 is 12.1 Å². The first-order valence-corrected chi connectivity index (χ1v) is 11.5. The number of hydrogen-bond donors (Lipinski definition) is 2. The standard InChI is InChI=1S/C23H27NO7S/c1-2-32-14-18(13-28-12-16-6-4-3-5-7-16)31-23(27)24-19(11-22(25)26)17-8-9-20-21(10-17)30-15-29-20/h3-10,18-19H,2,11-15H2,1H3,(H,24,27)(H,25,26)/t18-,19+/m1/s1. The Balaban J connectivity index is 1.59. The molecular formula is C23H27NO7S. The number of hydrogen-bond acceptors (Lipinski definition) is 7. The molecule has 0 unspecified atom stereocenters. The number of aliphatic carboxylic acids is 1. The molecule has 1 aliphatic rings. The molecule has 0 radical (unpaired) electrons. The Hall–Kier alpha value is -2.91. The molecule has 8 nitrogen and oxygen atoms in total. The van der Waals surface area contributed by atoms with Crippen LogP contribution in [0.3, 0.4) is 0 Å². The van der Waals surface area contributed by atoms with Crippen LogP contribution in [-0.4, -0.2) is 48.2 Å². The minimum atomic E-state index is -1.04. The maximum Gasteiger partial charge on any atom is 0.408 e. The van der Waals surface area contributed by atoms with E-state index in [1.54, 1.807) is 30.0 Å². The first-order valence-electron chi connectivity index (χ1n) is 10.3. The fraction of sp³-hybridized carbons (Fsp3) is 0.391. The number of nitrogens with one attached hydrogen (secondary N) is 1. The number of benzene rings is 2. The van der Waals surface area contributed by atoms with E-state index in [0.717, 1.165) is 11.3 Å². The van der Waals surface area contributed by atoms with E-state index in [1.807, 2.05) is 37.3 Å². The predicted octanol–water partition coefficient (Wildman–Crippen LogP) is 4.00. The SMILES string of the molecule is CCSC[C@@H](COCc1ccccc1)OC(=O)N[C@@H](CC(=O)O)c1ccc2c(c1)OCO2. The van der Waals surface area contributed by atoms with Gasteiger partial charge in [0.05, 0.1) is 25.7 Å². The van der Waals surface area contributed by atoms with Crippen LogP contribution >= 0.6 is 11.8 Å². The lowest BCUT2D eigenvalue weighted by atomic mass is 10.0. The van der Waals surface area contributed by atoms with Crippen LogP contribution in [0.1, 0.15) is 30.5 Å². The number of carbonyl (C=O) groups excluding carboxylic acids is 1. The van der Waals surface area contributed by atoms with Gasteiger partial charge in [-0.25, -0.2) is 4.79 Å². The van der Waals surface area contributed by atoms with E-state index in [9.17, 15) is 14.7 Å². The Morgan fingerprint density at radius 2 is 1.94 bits per heavy atom. The second-order valence-corrected chi connectivity index (χ2v) is 8.41. The van der Waals surface area contributed by atoms with E-state index in [-0.39, 0.29) is 19.8 Å². The highest BCUT2D eigenvalue weighted by Gasteiger charge is 2.24. The molecule has 2 N–H and O–H groups in total. The van der Waals surface area contributed by atoms with E-state index in [0.29, 0.717) is 29.4 Å². The summed E-state index contributed by atoms with van der Waals surface area (Å²) in [6, 6.07) is 14.0. The van der Waals surface area contributed by atoms with Crippen LogP contribution in [0.4, 0.5) is 4.79 Å². The van der Waals surface area contributed by atoms with Gasteiger partial charge in [0.25, 0.3) is 0 Å². The Labute approximate surface area is 191 Å². The first-order chi connectivity index (χ1) is 15.5. The number of rotatable bonds is 12. The third kappa shape index (κ3) is 7.35. The van der Waals surface area contributed by atoms with Gasteiger partial charge in [-0.2, -0.15) is 11.8 Å². The number of amides is 1. The molecule has 1 heterocycles. The summed E-state index contributed by atoms with van der Waals surface area (Å²) in [5, 5.41) is 12.0. The van der Waals surface area contributed by atoms with Crippen molar-refractivity contribution in [3.8, 4) is 11.5 Å². The zero-order valence-electron chi connectivity index (χ0n) is 17.8. The summed E-state index contributed by atoms with van der Waals surface area (Å²) in [6.07, 6.45) is -1.46. The Kier molecular flexibility index (Phi) is 9.06. The van der Waals surface area contributed by atoms with E-state index in [2.05, 4.69) is 5.32 Å². The van der Waals surface area contributed by atoms with E-state index < -0.39 is 24.2 Å². The van der Waals surface area contributed by atoms with Gasteiger partial charge in [-0.3, -0.25) is 4.79 Å². The molecule has 2 atom stereocenters. The second-order valence-electron chi connectivity index (χ2n) is 7.09. The average Bonchev–Trinajstić information content (AvgIpc) is 3.25. The fourth-order valence-electron chi connectivity index (χ4n) is 3.13. The zero-order valence-corrected chi connectivity index (χ0v) is 18.6. The minimum Gasteiger partial charge on any atom is -0.481 e. The summed E-state index contributed by atoms with van der Waals surface area (Å²) in [7, 11) is 0. The van der Waals surface area contributed by atoms with Crippen LogP contribution in [0.25, 0.3) is 0 Å². The van der Waals surface area contributed by atoms with Crippen LogP contribution in [0.15, 0.2) is 48.5 Å². The zero-order chi connectivity index (χ0) is 22.8.